The molecule has 36 heavy (non-hydrogen) atoms. The summed E-state index contributed by atoms with van der Waals surface area (Å²) >= 11 is 4.55. The monoisotopic (exact) mass is 582 g/mol. The number of nitrogens with one attached hydrogen (secondary N) is 1. The first-order valence-corrected chi connectivity index (χ1v) is 14.1. The number of nitrogens with zero attached hydrogens (tertiary/aromatic N) is 1. The summed E-state index contributed by atoms with van der Waals surface area (Å²) in [7, 11) is 0. The Morgan fingerprint density at radius 2 is 1.89 bits per heavy atom. The van der Waals surface area contributed by atoms with E-state index in [1.165, 1.54) is 4.90 Å². The van der Waals surface area contributed by atoms with Crippen molar-refractivity contribution in [1.82, 2.24) is 10.2 Å². The van der Waals surface area contributed by atoms with Crippen LogP contribution >= 0.6 is 28.0 Å². The van der Waals surface area contributed by atoms with Gasteiger partial charge < -0.3 is 24.2 Å². The molecule has 198 valence electrons. The third kappa shape index (κ3) is 8.81. The molecule has 1 aromatic rings. The van der Waals surface area contributed by atoms with Crippen LogP contribution in [0.3, 0.4) is 0 Å². The Balaban J connectivity index is 1.62. The van der Waals surface area contributed by atoms with Crippen molar-refractivity contribution in [3.05, 3.63) is 41.4 Å². The molecule has 8 nitrogen and oxygen atoms in total. The zero-order valence-corrected chi connectivity index (χ0v) is 22.8. The predicted molar refractivity (Wildman–Crippen MR) is 142 cm³/mol. The SMILES string of the molecule is C=CCCCCCC(NC(=O)OC1CCCC1)C(=O)N1C[C@@H](OSc2ccc(Br)cc2)C[C@H]1C(=O)O. The molecule has 3 atom stereocenters. The second kappa shape index (κ2) is 14.6. The van der Waals surface area contributed by atoms with E-state index in [9.17, 15) is 19.5 Å². The number of carbonyl (C=O) groups is 3. The first kappa shape index (κ1) is 28.5. The molecule has 0 radical (unpaired) electrons. The zero-order valence-electron chi connectivity index (χ0n) is 20.4. The first-order chi connectivity index (χ1) is 17.4. The number of carboxylic acids is 1. The van der Waals surface area contributed by atoms with Gasteiger partial charge in [-0.3, -0.25) is 4.79 Å². The fraction of sp³-hybridized carbons (Fsp3) is 0.577. The summed E-state index contributed by atoms with van der Waals surface area (Å²) in [5.41, 5.74) is 0. The van der Waals surface area contributed by atoms with Gasteiger partial charge in [0.05, 0.1) is 6.10 Å². The molecule has 1 unspecified atom stereocenters. The maximum Gasteiger partial charge on any atom is 0.408 e. The van der Waals surface area contributed by atoms with Crippen molar-refractivity contribution in [2.75, 3.05) is 6.54 Å². The molecule has 1 aliphatic carbocycles. The van der Waals surface area contributed by atoms with Crippen LogP contribution in [0.25, 0.3) is 0 Å². The van der Waals surface area contributed by atoms with Crippen LogP contribution in [0.15, 0.2) is 46.3 Å². The molecule has 1 saturated carbocycles. The number of rotatable bonds is 13. The summed E-state index contributed by atoms with van der Waals surface area (Å²) in [5.74, 6) is -1.49. The van der Waals surface area contributed by atoms with E-state index in [4.69, 9.17) is 8.92 Å². The lowest BCUT2D eigenvalue weighted by Crippen LogP contribution is -2.52. The van der Waals surface area contributed by atoms with Crippen molar-refractivity contribution in [3.63, 3.8) is 0 Å². The molecular weight excluding hydrogens is 548 g/mol. The summed E-state index contributed by atoms with van der Waals surface area (Å²) < 4.78 is 12.3. The number of carbonyl (C=O) groups excluding carboxylic acids is 2. The Bertz CT molecular complexity index is 893. The van der Waals surface area contributed by atoms with Crippen LogP contribution in [0.5, 0.6) is 0 Å². The van der Waals surface area contributed by atoms with Crippen LogP contribution in [0, 0.1) is 0 Å². The van der Waals surface area contributed by atoms with Crippen LogP contribution in [-0.2, 0) is 18.5 Å². The molecule has 1 aromatic carbocycles. The Morgan fingerprint density at radius 3 is 2.56 bits per heavy atom. The average Bonchev–Trinajstić information content (AvgIpc) is 3.52. The van der Waals surface area contributed by atoms with Crippen LogP contribution in [0.1, 0.15) is 64.2 Å². The average molecular weight is 584 g/mol. The van der Waals surface area contributed by atoms with E-state index in [1.807, 2.05) is 30.3 Å². The van der Waals surface area contributed by atoms with Gasteiger partial charge in [0, 0.05) is 34.4 Å². The van der Waals surface area contributed by atoms with Crippen molar-refractivity contribution in [3.8, 4) is 0 Å². The van der Waals surface area contributed by atoms with Crippen molar-refractivity contribution in [2.45, 2.75) is 93.4 Å². The molecule has 1 saturated heterocycles. The largest absolute Gasteiger partial charge is 0.480 e. The lowest BCUT2D eigenvalue weighted by molar-refractivity contribution is -0.149. The Hall–Kier alpha value is -2.04. The summed E-state index contributed by atoms with van der Waals surface area (Å²) in [4.78, 5) is 40.3. The predicted octanol–water partition coefficient (Wildman–Crippen LogP) is 5.70. The fourth-order valence-electron chi connectivity index (χ4n) is 4.56. The standard InChI is InChI=1S/C26H35BrN2O6S/c1-2-3-4-5-6-11-22(28-26(33)34-19-9-7-8-10-19)24(30)29-17-20(16-23(29)25(31)32)35-36-21-14-12-18(27)13-15-21/h2,12-15,19-20,22-23H,1,3-11,16-17H2,(H,28,33)(H,31,32)/t20-,22?,23-/m0/s1. The zero-order chi connectivity index (χ0) is 25.9. The van der Waals surface area contributed by atoms with Gasteiger partial charge in [0.2, 0.25) is 5.91 Å². The summed E-state index contributed by atoms with van der Waals surface area (Å²) in [6, 6.07) is 5.72. The molecule has 10 heteroatoms. The topological polar surface area (TPSA) is 105 Å². The highest BCUT2D eigenvalue weighted by Crippen LogP contribution is 2.30. The molecule has 3 rings (SSSR count). The minimum Gasteiger partial charge on any atom is -0.480 e. The third-order valence-electron chi connectivity index (χ3n) is 6.49. The van der Waals surface area contributed by atoms with Gasteiger partial charge in [-0.25, -0.2) is 9.59 Å². The second-order valence-corrected chi connectivity index (χ2v) is 11.0. The molecule has 0 aromatic heterocycles. The van der Waals surface area contributed by atoms with Crippen LogP contribution in [-0.4, -0.2) is 58.8 Å². The number of aliphatic carboxylic acids is 1. The number of carboxylic acid groups (broad SMARTS) is 1. The van der Waals surface area contributed by atoms with Gasteiger partial charge >= 0.3 is 12.1 Å². The van der Waals surface area contributed by atoms with E-state index in [0.717, 1.165) is 72.8 Å². The number of ether oxygens (including phenoxy) is 1. The molecule has 2 aliphatic rings. The quantitative estimate of drug-likeness (QED) is 0.174. The van der Waals surface area contributed by atoms with Gasteiger partial charge in [0.25, 0.3) is 0 Å². The number of unbranched alkanes of at least 4 members (excludes halogenated alkanes) is 3. The van der Waals surface area contributed by atoms with E-state index >= 15 is 0 Å². The van der Waals surface area contributed by atoms with Crippen molar-refractivity contribution >= 4 is 45.9 Å². The molecule has 0 bridgehead atoms. The first-order valence-electron chi connectivity index (χ1n) is 12.6. The Morgan fingerprint density at radius 1 is 1.17 bits per heavy atom. The van der Waals surface area contributed by atoms with Gasteiger partial charge in [-0.2, -0.15) is 0 Å². The lowest BCUT2D eigenvalue weighted by Gasteiger charge is -2.27. The maximum atomic E-state index is 13.5. The molecule has 1 heterocycles. The molecule has 2 fully saturated rings. The van der Waals surface area contributed by atoms with E-state index in [-0.39, 0.29) is 19.1 Å². The van der Waals surface area contributed by atoms with Crippen molar-refractivity contribution in [2.24, 2.45) is 0 Å². The van der Waals surface area contributed by atoms with E-state index in [0.29, 0.717) is 6.42 Å². The number of halogens is 1. The Kier molecular flexibility index (Phi) is 11.6. The molecule has 0 spiro atoms. The van der Waals surface area contributed by atoms with E-state index in [2.05, 4.69) is 27.8 Å². The molecule has 2 amide bonds. The van der Waals surface area contributed by atoms with Crippen molar-refractivity contribution < 1.29 is 28.4 Å². The third-order valence-corrected chi connectivity index (χ3v) is 7.85. The van der Waals surface area contributed by atoms with Crippen molar-refractivity contribution in [1.29, 1.82) is 0 Å². The van der Waals surface area contributed by atoms with Gasteiger partial charge in [0.1, 0.15) is 18.2 Å². The number of alkyl carbamates (subject to hydrolysis) is 1. The highest BCUT2D eigenvalue weighted by molar-refractivity contribution is 9.10. The second-order valence-electron chi connectivity index (χ2n) is 9.27. The summed E-state index contributed by atoms with van der Waals surface area (Å²) in [5, 5.41) is 12.5. The number of allylic oxidation sites excluding steroid dienone is 1. The minimum absolute atomic E-state index is 0.125. The van der Waals surface area contributed by atoms with E-state index in [1.54, 1.807) is 0 Å². The summed E-state index contributed by atoms with van der Waals surface area (Å²) in [6.07, 6.45) is 8.42. The van der Waals surface area contributed by atoms with Crippen LogP contribution in [0.2, 0.25) is 0 Å². The molecular formula is C26H35BrN2O6S. The summed E-state index contributed by atoms with van der Waals surface area (Å²) in [6.45, 7) is 3.87. The Labute approximate surface area is 225 Å². The van der Waals surface area contributed by atoms with Crippen LogP contribution in [0.4, 0.5) is 4.79 Å². The highest BCUT2D eigenvalue weighted by Gasteiger charge is 2.43. The van der Waals surface area contributed by atoms with Gasteiger partial charge in [-0.15, -0.1) is 6.58 Å². The highest BCUT2D eigenvalue weighted by atomic mass is 79.9. The molecule has 1 aliphatic heterocycles. The maximum absolute atomic E-state index is 13.5. The molecule has 2 N–H and O–H groups in total. The lowest BCUT2D eigenvalue weighted by atomic mass is 10.1. The van der Waals surface area contributed by atoms with Crippen LogP contribution < -0.4 is 5.32 Å². The van der Waals surface area contributed by atoms with Gasteiger partial charge in [-0.1, -0.05) is 34.8 Å². The van der Waals surface area contributed by atoms with Gasteiger partial charge in [0.15, 0.2) is 0 Å². The smallest absolute Gasteiger partial charge is 0.408 e. The minimum atomic E-state index is -1.08. The fourth-order valence-corrected chi connectivity index (χ4v) is 5.46. The number of hydrogen-bond acceptors (Lipinski definition) is 6. The number of amides is 2. The van der Waals surface area contributed by atoms with E-state index < -0.39 is 36.2 Å². The number of hydrogen-bond donors (Lipinski definition) is 2. The normalized spacial score (nSPS) is 20.8. The number of likely N-dealkylation sites (tertiary alicyclic amines) is 1. The van der Waals surface area contributed by atoms with Gasteiger partial charge in [-0.05, 0) is 69.2 Å². The number of benzene rings is 1.